The smallest absolute Gasteiger partial charge is 0.189 e. The van der Waals surface area contributed by atoms with E-state index in [0.717, 1.165) is 35.3 Å². The minimum absolute atomic E-state index is 0.133. The lowest BCUT2D eigenvalue weighted by Gasteiger charge is -2.37. The van der Waals surface area contributed by atoms with E-state index in [9.17, 15) is 9.59 Å². The fraction of sp³-hybridized carbons (Fsp3) is 0.355. The summed E-state index contributed by atoms with van der Waals surface area (Å²) in [6.45, 7) is 4.31. The molecule has 0 aromatic heterocycles. The lowest BCUT2D eigenvalue weighted by molar-refractivity contribution is -0.111. The highest BCUT2D eigenvalue weighted by molar-refractivity contribution is 8.17. The van der Waals surface area contributed by atoms with Crippen molar-refractivity contribution in [1.82, 2.24) is 0 Å². The Morgan fingerprint density at radius 1 is 0.757 bits per heavy atom. The second kappa shape index (κ2) is 15.0. The van der Waals surface area contributed by atoms with Gasteiger partial charge in [0.2, 0.25) is 0 Å². The van der Waals surface area contributed by atoms with Crippen molar-refractivity contribution in [2.75, 3.05) is 19.5 Å². The third-order valence-electron chi connectivity index (χ3n) is 5.98. The van der Waals surface area contributed by atoms with Crippen LogP contribution in [0.15, 0.2) is 84.9 Å². The molecule has 3 aromatic carbocycles. The molecule has 37 heavy (non-hydrogen) atoms. The third kappa shape index (κ3) is 7.97. The van der Waals surface area contributed by atoms with Gasteiger partial charge in [-0.3, -0.25) is 9.59 Å². The SMILES string of the molecule is CCCC(=O)SC[C@H](COC(c1ccccc1)(c1ccccc1)c1ccc(OC)cc1)SC(=O)CCC. The van der Waals surface area contributed by atoms with E-state index in [1.54, 1.807) is 7.11 Å². The van der Waals surface area contributed by atoms with Crippen LogP contribution in [0.4, 0.5) is 0 Å². The van der Waals surface area contributed by atoms with Crippen molar-refractivity contribution in [2.24, 2.45) is 0 Å². The minimum atomic E-state index is -0.903. The molecular weight excluding hydrogens is 500 g/mol. The normalized spacial score (nSPS) is 12.2. The van der Waals surface area contributed by atoms with Crippen LogP contribution < -0.4 is 4.74 Å². The molecule has 0 spiro atoms. The van der Waals surface area contributed by atoms with Crippen LogP contribution >= 0.6 is 23.5 Å². The molecule has 4 nitrogen and oxygen atoms in total. The molecule has 0 fully saturated rings. The Morgan fingerprint density at radius 2 is 1.27 bits per heavy atom. The van der Waals surface area contributed by atoms with Crippen LogP contribution in [-0.2, 0) is 19.9 Å². The Balaban J connectivity index is 2.03. The minimum Gasteiger partial charge on any atom is -0.497 e. The van der Waals surface area contributed by atoms with Crippen LogP contribution in [0.2, 0.25) is 0 Å². The quantitative estimate of drug-likeness (QED) is 0.199. The molecule has 0 aliphatic carbocycles. The van der Waals surface area contributed by atoms with Gasteiger partial charge in [0, 0.05) is 23.8 Å². The number of carbonyl (C=O) groups is 2. The maximum Gasteiger partial charge on any atom is 0.189 e. The van der Waals surface area contributed by atoms with Gasteiger partial charge in [0.1, 0.15) is 11.4 Å². The Bertz CT molecular complexity index is 1060. The average Bonchev–Trinajstić information content (AvgIpc) is 2.93. The maximum absolute atomic E-state index is 12.6. The molecule has 0 aliphatic heterocycles. The zero-order chi connectivity index (χ0) is 26.5. The topological polar surface area (TPSA) is 52.6 Å². The fourth-order valence-corrected chi connectivity index (χ4v) is 6.29. The van der Waals surface area contributed by atoms with E-state index in [1.165, 1.54) is 23.5 Å². The van der Waals surface area contributed by atoms with Gasteiger partial charge in [0.05, 0.1) is 13.7 Å². The second-order valence-electron chi connectivity index (χ2n) is 8.75. The van der Waals surface area contributed by atoms with E-state index in [4.69, 9.17) is 9.47 Å². The number of benzene rings is 3. The third-order valence-corrected chi connectivity index (χ3v) is 8.39. The molecule has 0 heterocycles. The van der Waals surface area contributed by atoms with Crippen molar-refractivity contribution in [3.63, 3.8) is 0 Å². The van der Waals surface area contributed by atoms with Crippen LogP contribution in [0.25, 0.3) is 0 Å². The molecule has 0 N–H and O–H groups in total. The van der Waals surface area contributed by atoms with Crippen LogP contribution in [0.3, 0.4) is 0 Å². The van der Waals surface area contributed by atoms with Crippen molar-refractivity contribution in [1.29, 1.82) is 0 Å². The van der Waals surface area contributed by atoms with E-state index in [0.29, 0.717) is 25.2 Å². The number of thioether (sulfide) groups is 2. The molecule has 6 heteroatoms. The first-order chi connectivity index (χ1) is 18.0. The lowest BCUT2D eigenvalue weighted by atomic mass is 9.80. The van der Waals surface area contributed by atoms with E-state index >= 15 is 0 Å². The van der Waals surface area contributed by atoms with Gasteiger partial charge in [-0.05, 0) is 41.7 Å². The first-order valence-electron chi connectivity index (χ1n) is 12.8. The predicted molar refractivity (Wildman–Crippen MR) is 155 cm³/mol. The first kappa shape index (κ1) is 29.0. The highest BCUT2D eigenvalue weighted by atomic mass is 32.2. The molecule has 0 saturated heterocycles. The van der Waals surface area contributed by atoms with Crippen LogP contribution in [0, 0.1) is 0 Å². The van der Waals surface area contributed by atoms with Crippen molar-refractivity contribution in [3.8, 4) is 5.75 Å². The molecule has 3 rings (SSSR count). The highest BCUT2D eigenvalue weighted by Crippen LogP contribution is 2.41. The van der Waals surface area contributed by atoms with Crippen molar-refractivity contribution >= 4 is 33.8 Å². The molecule has 0 bridgehead atoms. The molecule has 0 aliphatic rings. The fourth-order valence-electron chi connectivity index (χ4n) is 4.17. The highest BCUT2D eigenvalue weighted by Gasteiger charge is 2.38. The molecule has 1 atom stereocenters. The summed E-state index contributed by atoms with van der Waals surface area (Å²) < 4.78 is 12.4. The average molecular weight is 537 g/mol. The number of carbonyl (C=O) groups excluding carboxylic acids is 2. The predicted octanol–water partition coefficient (Wildman–Crippen LogP) is 7.49. The summed E-state index contributed by atoms with van der Waals surface area (Å²) in [6, 6.07) is 28.2. The summed E-state index contributed by atoms with van der Waals surface area (Å²) in [5.41, 5.74) is 2.04. The van der Waals surface area contributed by atoms with Gasteiger partial charge in [0.15, 0.2) is 10.2 Å². The van der Waals surface area contributed by atoms with Crippen molar-refractivity contribution < 1.29 is 19.1 Å². The molecule has 0 radical (unpaired) electrons. The van der Waals surface area contributed by atoms with Gasteiger partial charge in [-0.2, -0.15) is 0 Å². The van der Waals surface area contributed by atoms with E-state index in [-0.39, 0.29) is 15.5 Å². The van der Waals surface area contributed by atoms with Gasteiger partial charge in [-0.25, -0.2) is 0 Å². The summed E-state index contributed by atoms with van der Waals surface area (Å²) in [6.07, 6.45) is 2.66. The summed E-state index contributed by atoms with van der Waals surface area (Å²) in [7, 11) is 1.65. The monoisotopic (exact) mass is 536 g/mol. The van der Waals surface area contributed by atoms with Gasteiger partial charge in [0.25, 0.3) is 0 Å². The number of hydrogen-bond donors (Lipinski definition) is 0. The van der Waals surface area contributed by atoms with Crippen molar-refractivity contribution in [2.45, 2.75) is 50.4 Å². The molecule has 0 amide bonds. The zero-order valence-corrected chi connectivity index (χ0v) is 23.5. The Morgan fingerprint density at radius 3 is 1.78 bits per heavy atom. The first-order valence-corrected chi connectivity index (χ1v) is 14.6. The van der Waals surface area contributed by atoms with Crippen LogP contribution in [0.1, 0.15) is 56.2 Å². The molecule has 196 valence electrons. The molecule has 3 aromatic rings. The van der Waals surface area contributed by atoms with Gasteiger partial charge < -0.3 is 9.47 Å². The number of rotatable bonds is 14. The standard InChI is InChI=1S/C31H36O4S2/c1-4-12-29(32)36-23-28(37-30(33)13-5-2)22-35-31(24-14-8-6-9-15-24,25-16-10-7-11-17-25)26-18-20-27(34-3)21-19-26/h6-11,14-21,28H,4-5,12-13,22-23H2,1-3H3/t28-/m0/s1. The Hall–Kier alpha value is -2.54. The lowest BCUT2D eigenvalue weighted by Crippen LogP contribution is -2.36. The number of hydrogen-bond acceptors (Lipinski definition) is 6. The van der Waals surface area contributed by atoms with Crippen LogP contribution in [-0.4, -0.2) is 35.0 Å². The number of ether oxygens (including phenoxy) is 2. The van der Waals surface area contributed by atoms with E-state index < -0.39 is 5.60 Å². The van der Waals surface area contributed by atoms with Crippen LogP contribution in [0.5, 0.6) is 5.75 Å². The molecule has 0 unspecified atom stereocenters. The summed E-state index contributed by atoms with van der Waals surface area (Å²) in [5.74, 6) is 1.30. The summed E-state index contributed by atoms with van der Waals surface area (Å²) >= 11 is 2.61. The number of methoxy groups -OCH3 is 1. The second-order valence-corrected chi connectivity index (χ2v) is 11.2. The zero-order valence-electron chi connectivity index (χ0n) is 21.9. The van der Waals surface area contributed by atoms with Crippen molar-refractivity contribution in [3.05, 3.63) is 102 Å². The Kier molecular flexibility index (Phi) is 11.8. The molecule has 0 saturated carbocycles. The Labute approximate surface area is 229 Å². The largest absolute Gasteiger partial charge is 0.497 e. The van der Waals surface area contributed by atoms with E-state index in [2.05, 4.69) is 24.3 Å². The van der Waals surface area contributed by atoms with Gasteiger partial charge >= 0.3 is 0 Å². The summed E-state index contributed by atoms with van der Waals surface area (Å²) in [5, 5.41) is 0.132. The van der Waals surface area contributed by atoms with Gasteiger partial charge in [-0.15, -0.1) is 0 Å². The maximum atomic E-state index is 12.6. The van der Waals surface area contributed by atoms with Gasteiger partial charge in [-0.1, -0.05) is 110 Å². The summed E-state index contributed by atoms with van der Waals surface area (Å²) in [4.78, 5) is 24.9. The molecular formula is C31H36O4S2. The van der Waals surface area contributed by atoms with E-state index in [1.807, 2.05) is 74.5 Å².